The van der Waals surface area contributed by atoms with Gasteiger partial charge in [-0.15, -0.1) is 0 Å². The van der Waals surface area contributed by atoms with Gasteiger partial charge in [-0.05, 0) is 56.4 Å². The zero-order valence-electron chi connectivity index (χ0n) is 15.7. The van der Waals surface area contributed by atoms with Crippen LogP contribution in [0.5, 0.6) is 0 Å². The molecular weight excluding hydrogens is 366 g/mol. The number of aliphatic hydroxyl groups excluding tert-OH is 1. The van der Waals surface area contributed by atoms with E-state index < -0.39 is 19.0 Å². The predicted octanol–water partition coefficient (Wildman–Crippen LogP) is 0.319. The Kier molecular flexibility index (Phi) is 13.9. The SMILES string of the molecule is CB(O)N1CCC(CC(=O)O)CC1.O=BC#CO.O=C(O)Cc1ccncc1. The van der Waals surface area contributed by atoms with E-state index in [2.05, 4.69) is 4.98 Å². The van der Waals surface area contributed by atoms with Crippen molar-refractivity contribution >= 4 is 26.1 Å². The first kappa shape index (κ1) is 25.3. The van der Waals surface area contributed by atoms with Crippen LogP contribution in [0, 0.1) is 17.8 Å². The number of hydrogen-bond acceptors (Lipinski definition) is 7. The van der Waals surface area contributed by atoms with Crippen molar-refractivity contribution in [3.63, 3.8) is 0 Å². The Hall–Kier alpha value is -2.70. The predicted molar refractivity (Wildman–Crippen MR) is 102 cm³/mol. The van der Waals surface area contributed by atoms with Gasteiger partial charge in [0.1, 0.15) is 0 Å². The molecule has 0 spiro atoms. The minimum Gasteiger partial charge on any atom is -0.481 e. The van der Waals surface area contributed by atoms with Crippen LogP contribution < -0.4 is 0 Å². The molecule has 1 aliphatic rings. The summed E-state index contributed by atoms with van der Waals surface area (Å²) < 4.78 is 9.07. The maximum Gasteiger partial charge on any atom is 0.307 e. The second kappa shape index (κ2) is 15.4. The van der Waals surface area contributed by atoms with Gasteiger partial charge in [0.05, 0.1) is 6.42 Å². The molecule has 11 heteroatoms. The number of aliphatic carboxylic acids is 2. The summed E-state index contributed by atoms with van der Waals surface area (Å²) in [5.41, 5.74) is 0.780. The van der Waals surface area contributed by atoms with Crippen molar-refractivity contribution in [1.29, 1.82) is 0 Å². The molecule has 0 aliphatic carbocycles. The third kappa shape index (κ3) is 13.5. The summed E-state index contributed by atoms with van der Waals surface area (Å²) in [5, 5.41) is 33.7. The molecular formula is C17H24B2N2O7. The number of pyridine rings is 1. The van der Waals surface area contributed by atoms with Crippen LogP contribution in [0.4, 0.5) is 0 Å². The average molecular weight is 390 g/mol. The zero-order chi connectivity index (χ0) is 21.4. The number of carboxylic acid groups (broad SMARTS) is 2. The van der Waals surface area contributed by atoms with Crippen molar-refractivity contribution < 1.29 is 34.6 Å². The van der Waals surface area contributed by atoms with Crippen LogP contribution in [0.3, 0.4) is 0 Å². The topological polar surface area (TPSA) is 148 Å². The number of carbonyl (C=O) groups is 2. The molecule has 1 aromatic heterocycles. The summed E-state index contributed by atoms with van der Waals surface area (Å²) in [6, 6.07) is 3.38. The summed E-state index contributed by atoms with van der Waals surface area (Å²) >= 11 is 0. The fourth-order valence-corrected chi connectivity index (χ4v) is 2.48. The first-order valence-electron chi connectivity index (χ1n) is 8.63. The van der Waals surface area contributed by atoms with Crippen molar-refractivity contribution in [2.24, 2.45) is 5.92 Å². The quantitative estimate of drug-likeness (QED) is 0.412. The van der Waals surface area contributed by atoms with Crippen LogP contribution in [-0.2, 0) is 20.7 Å². The molecule has 0 radical (unpaired) electrons. The number of hydrogen-bond donors (Lipinski definition) is 4. The van der Waals surface area contributed by atoms with Gasteiger partial charge in [0, 0.05) is 18.8 Å². The van der Waals surface area contributed by atoms with Gasteiger partial charge in [0.25, 0.3) is 0 Å². The Morgan fingerprint density at radius 2 is 1.82 bits per heavy atom. The third-order valence-electron chi connectivity index (χ3n) is 3.87. The molecule has 1 saturated heterocycles. The van der Waals surface area contributed by atoms with E-state index in [-0.39, 0.29) is 12.8 Å². The number of aromatic nitrogens is 1. The molecule has 4 N–H and O–H groups in total. The standard InChI is InChI=1S/C8H16BNO3.C7H7NO2.C2HBO2/c1-9(13)10-4-2-7(3-5-10)6-8(11)12;9-7(10)5-6-1-3-8-4-2-6;4-2-1-3-5/h7,13H,2-6H2,1H3,(H,11,12);1-4H,5H2,(H,9,10);4H. The van der Waals surface area contributed by atoms with Gasteiger partial charge in [-0.3, -0.25) is 14.6 Å². The van der Waals surface area contributed by atoms with Crippen molar-refractivity contribution in [2.45, 2.75) is 32.5 Å². The van der Waals surface area contributed by atoms with Crippen LogP contribution in [0.15, 0.2) is 24.5 Å². The Balaban J connectivity index is 0.000000431. The maximum atomic E-state index is 10.4. The van der Waals surface area contributed by atoms with Crippen LogP contribution in [-0.4, -0.2) is 69.4 Å². The van der Waals surface area contributed by atoms with Crippen LogP contribution in [0.2, 0.25) is 6.82 Å². The summed E-state index contributed by atoms with van der Waals surface area (Å²) in [6.07, 6.45) is 6.68. The van der Waals surface area contributed by atoms with E-state index in [9.17, 15) is 14.6 Å². The summed E-state index contributed by atoms with van der Waals surface area (Å²) in [4.78, 5) is 26.3. The van der Waals surface area contributed by atoms with E-state index in [1.165, 1.54) is 6.11 Å². The number of nitrogens with zero attached hydrogens (tertiary/aromatic N) is 2. The number of carboxylic acids is 2. The van der Waals surface area contributed by atoms with Gasteiger partial charge < -0.3 is 20.0 Å². The van der Waals surface area contributed by atoms with Crippen molar-refractivity contribution in [3.8, 4) is 11.9 Å². The van der Waals surface area contributed by atoms with Crippen molar-refractivity contribution in [3.05, 3.63) is 30.1 Å². The van der Waals surface area contributed by atoms with Crippen LogP contribution >= 0.6 is 0 Å². The largest absolute Gasteiger partial charge is 0.481 e. The smallest absolute Gasteiger partial charge is 0.307 e. The molecule has 1 aromatic rings. The first-order valence-corrected chi connectivity index (χ1v) is 8.63. The Morgan fingerprint density at radius 1 is 1.25 bits per heavy atom. The molecule has 1 aliphatic heterocycles. The summed E-state index contributed by atoms with van der Waals surface area (Å²) in [7, 11) is -0.0780. The second-order valence-electron chi connectivity index (χ2n) is 6.01. The molecule has 0 bridgehead atoms. The third-order valence-corrected chi connectivity index (χ3v) is 3.87. The molecule has 0 amide bonds. The van der Waals surface area contributed by atoms with Crippen LogP contribution in [0.25, 0.3) is 0 Å². The molecule has 1 fully saturated rings. The summed E-state index contributed by atoms with van der Waals surface area (Å²) in [5.74, 6) is 0.509. The van der Waals surface area contributed by atoms with Gasteiger partial charge >= 0.3 is 47.9 Å². The minimum absolute atomic E-state index is 0.0719. The van der Waals surface area contributed by atoms with Crippen molar-refractivity contribution in [1.82, 2.24) is 9.79 Å². The number of rotatable bonds is 5. The van der Waals surface area contributed by atoms with E-state index in [1.807, 2.05) is 4.81 Å². The molecule has 28 heavy (non-hydrogen) atoms. The molecule has 0 aromatic carbocycles. The Morgan fingerprint density at radius 3 is 2.18 bits per heavy atom. The monoisotopic (exact) mass is 390 g/mol. The normalized spacial score (nSPS) is 13.2. The van der Waals surface area contributed by atoms with E-state index in [0.29, 0.717) is 13.1 Å². The van der Waals surface area contributed by atoms with Crippen molar-refractivity contribution in [2.75, 3.05) is 13.1 Å². The van der Waals surface area contributed by atoms with Gasteiger partial charge in [0.2, 0.25) is 0 Å². The molecule has 2 heterocycles. The number of piperidine rings is 1. The molecule has 0 unspecified atom stereocenters. The first-order chi connectivity index (χ1) is 13.3. The van der Waals surface area contributed by atoms with Gasteiger partial charge in [-0.2, -0.15) is 0 Å². The van der Waals surface area contributed by atoms with E-state index in [1.54, 1.807) is 37.2 Å². The fourth-order valence-electron chi connectivity index (χ4n) is 2.48. The van der Waals surface area contributed by atoms with Gasteiger partial charge in [0.15, 0.2) is 0 Å². The zero-order valence-corrected chi connectivity index (χ0v) is 15.7. The molecule has 2 rings (SSSR count). The Bertz CT molecular complexity index is 654. The molecule has 9 nitrogen and oxygen atoms in total. The van der Waals surface area contributed by atoms with Crippen LogP contribution in [0.1, 0.15) is 24.8 Å². The minimum atomic E-state index is -0.814. The summed E-state index contributed by atoms with van der Waals surface area (Å²) in [6.45, 7) is 3.38. The molecule has 0 saturated carbocycles. The van der Waals surface area contributed by atoms with E-state index >= 15 is 0 Å². The molecule has 150 valence electrons. The Labute approximate surface area is 164 Å². The fraction of sp³-hybridized carbons (Fsp3) is 0.471. The number of aliphatic hydroxyl groups is 1. The maximum absolute atomic E-state index is 10.4. The second-order valence-corrected chi connectivity index (χ2v) is 6.01. The van der Waals surface area contributed by atoms with Gasteiger partial charge in [-0.25, -0.2) is 0 Å². The van der Waals surface area contributed by atoms with E-state index in [0.717, 1.165) is 31.5 Å². The average Bonchev–Trinajstić information content (AvgIpc) is 2.64. The molecule has 0 atom stereocenters. The van der Waals surface area contributed by atoms with E-state index in [4.69, 9.17) is 20.0 Å². The van der Waals surface area contributed by atoms with Gasteiger partial charge in [-0.1, -0.05) is 0 Å².